The SMILES string of the molecule is CC/C=C\C/C=C\C/C=C\C/C=C\C/C=C\CCCCCCCCCCCCCCCC(=O)OC(COC(=O)CCCCCCCCCCCCCCCCC/C=C\CCCCCCCCCC)COP(=O)(O)OCCN. The third-order valence-corrected chi connectivity index (χ3v) is 15.1. The lowest BCUT2D eigenvalue weighted by Crippen LogP contribution is -2.29. The molecular formula is C67H122NO8P. The number of unbranched alkanes of at least 4 members (excludes halogenated alkanes) is 36. The quantitative estimate of drug-likeness (QED) is 0.0264. The average Bonchev–Trinajstić information content (AvgIpc) is 3.42. The van der Waals surface area contributed by atoms with Crippen molar-refractivity contribution in [2.45, 2.75) is 315 Å². The Morgan fingerprint density at radius 3 is 1.08 bits per heavy atom. The normalized spacial score (nSPS) is 13.5. The lowest BCUT2D eigenvalue weighted by molar-refractivity contribution is -0.161. The zero-order valence-corrected chi connectivity index (χ0v) is 51.1. The van der Waals surface area contributed by atoms with Gasteiger partial charge in [0.1, 0.15) is 6.61 Å². The highest BCUT2D eigenvalue weighted by molar-refractivity contribution is 7.47. The van der Waals surface area contributed by atoms with Gasteiger partial charge in [-0.1, -0.05) is 286 Å². The van der Waals surface area contributed by atoms with E-state index in [0.29, 0.717) is 6.42 Å². The van der Waals surface area contributed by atoms with Crippen LogP contribution in [0.25, 0.3) is 0 Å². The smallest absolute Gasteiger partial charge is 0.462 e. The summed E-state index contributed by atoms with van der Waals surface area (Å²) in [5.74, 6) is -0.818. The Morgan fingerprint density at radius 1 is 0.403 bits per heavy atom. The monoisotopic (exact) mass is 1100 g/mol. The minimum atomic E-state index is -4.39. The lowest BCUT2D eigenvalue weighted by atomic mass is 10.0. The molecule has 9 nitrogen and oxygen atoms in total. The molecule has 0 aromatic heterocycles. The van der Waals surface area contributed by atoms with Crippen LogP contribution < -0.4 is 5.73 Å². The molecule has 2 unspecified atom stereocenters. The van der Waals surface area contributed by atoms with Crippen LogP contribution in [0.4, 0.5) is 0 Å². The number of carbonyl (C=O) groups is 2. The molecule has 0 aliphatic rings. The summed E-state index contributed by atoms with van der Waals surface area (Å²) in [6.45, 7) is 3.67. The summed E-state index contributed by atoms with van der Waals surface area (Å²) in [5, 5.41) is 0. The van der Waals surface area contributed by atoms with Crippen molar-refractivity contribution >= 4 is 19.8 Å². The van der Waals surface area contributed by atoms with Gasteiger partial charge in [-0.15, -0.1) is 0 Å². The van der Waals surface area contributed by atoms with Crippen molar-refractivity contribution in [3.63, 3.8) is 0 Å². The summed E-state index contributed by atoms with van der Waals surface area (Å²) in [6, 6.07) is 0. The van der Waals surface area contributed by atoms with Crippen molar-refractivity contribution in [2.24, 2.45) is 5.73 Å². The molecule has 0 fully saturated rings. The molecule has 0 heterocycles. The Bertz CT molecular complexity index is 1490. The molecule has 0 aliphatic carbocycles. The Hall–Kier alpha value is -2.55. The number of allylic oxidation sites excluding steroid dienone is 12. The Balaban J connectivity index is 3.91. The summed E-state index contributed by atoms with van der Waals surface area (Å²) in [7, 11) is -4.39. The van der Waals surface area contributed by atoms with E-state index in [4.69, 9.17) is 24.3 Å². The first-order valence-corrected chi connectivity index (χ1v) is 33.9. The fourth-order valence-electron chi connectivity index (χ4n) is 9.31. The van der Waals surface area contributed by atoms with Gasteiger partial charge >= 0.3 is 19.8 Å². The second kappa shape index (κ2) is 62.6. The molecule has 0 aliphatic heterocycles. The van der Waals surface area contributed by atoms with Crippen molar-refractivity contribution in [1.82, 2.24) is 0 Å². The van der Waals surface area contributed by atoms with E-state index in [1.165, 1.54) is 205 Å². The lowest BCUT2D eigenvalue weighted by Gasteiger charge is -2.19. The first kappa shape index (κ1) is 74.5. The number of rotatable bonds is 61. The summed E-state index contributed by atoms with van der Waals surface area (Å²) < 4.78 is 33.1. The maximum absolute atomic E-state index is 12.7. The molecule has 2 atom stereocenters. The van der Waals surface area contributed by atoms with Gasteiger partial charge in [0, 0.05) is 19.4 Å². The Kier molecular flexibility index (Phi) is 60.6. The molecule has 0 radical (unpaired) electrons. The second-order valence-electron chi connectivity index (χ2n) is 21.6. The van der Waals surface area contributed by atoms with Gasteiger partial charge in [0.05, 0.1) is 13.2 Å². The van der Waals surface area contributed by atoms with Gasteiger partial charge in [-0.05, 0) is 83.5 Å². The average molecular weight is 1100 g/mol. The van der Waals surface area contributed by atoms with Gasteiger partial charge in [-0.2, -0.15) is 0 Å². The third kappa shape index (κ3) is 62.5. The van der Waals surface area contributed by atoms with Gasteiger partial charge < -0.3 is 20.1 Å². The van der Waals surface area contributed by atoms with Crippen LogP contribution in [0, 0.1) is 0 Å². The highest BCUT2D eigenvalue weighted by Gasteiger charge is 2.26. The first-order chi connectivity index (χ1) is 37.8. The highest BCUT2D eigenvalue weighted by atomic mass is 31.2. The van der Waals surface area contributed by atoms with Crippen molar-refractivity contribution < 1.29 is 37.6 Å². The number of carbonyl (C=O) groups excluding carboxylic acids is 2. The standard InChI is InChI=1S/C67H122NO8P/c1-3-5-7-9-11-13-15-17-19-21-23-25-27-29-31-32-34-36-38-40-42-44-46-48-50-52-54-56-58-60-67(70)76-65(64-75-77(71,72)74-62-61-68)63-73-66(69)59-57-55-53-51-49-47-45-43-41-39-37-35-33-30-28-26-24-22-20-18-16-14-12-10-8-6-4-2/h5,7,11,13,17,19,22-25,29,31,65H,3-4,6,8-10,12,14-16,18,20-21,26-28,30,32-64,68H2,1-2H3,(H,71,72)/b7-5-,13-11-,19-17-,24-22-,25-23-,31-29-. The summed E-state index contributed by atoms with van der Waals surface area (Å²) in [6.07, 6.45) is 81.2. The molecule has 0 saturated heterocycles. The van der Waals surface area contributed by atoms with E-state index in [1.807, 2.05) is 0 Å². The molecule has 0 aromatic rings. The molecule has 10 heteroatoms. The van der Waals surface area contributed by atoms with Crippen LogP contribution in [0.15, 0.2) is 72.9 Å². The van der Waals surface area contributed by atoms with E-state index in [0.717, 1.165) is 70.6 Å². The summed E-state index contributed by atoms with van der Waals surface area (Å²) >= 11 is 0. The van der Waals surface area contributed by atoms with Crippen molar-refractivity contribution in [1.29, 1.82) is 0 Å². The van der Waals surface area contributed by atoms with E-state index >= 15 is 0 Å². The molecule has 0 amide bonds. The van der Waals surface area contributed by atoms with E-state index in [1.54, 1.807) is 0 Å². The number of phosphoric ester groups is 1. The van der Waals surface area contributed by atoms with Crippen LogP contribution in [0.3, 0.4) is 0 Å². The fourth-order valence-corrected chi connectivity index (χ4v) is 10.1. The molecular weight excluding hydrogens is 978 g/mol. The van der Waals surface area contributed by atoms with E-state index in [9.17, 15) is 19.0 Å². The molecule has 0 bridgehead atoms. The molecule has 0 spiro atoms. The fraction of sp³-hybridized carbons (Fsp3) is 0.791. The number of ether oxygens (including phenoxy) is 2. The molecule has 3 N–H and O–H groups in total. The molecule has 77 heavy (non-hydrogen) atoms. The van der Waals surface area contributed by atoms with Crippen LogP contribution in [0.2, 0.25) is 0 Å². The van der Waals surface area contributed by atoms with Crippen LogP contribution in [-0.4, -0.2) is 49.3 Å². The summed E-state index contributed by atoms with van der Waals surface area (Å²) in [4.78, 5) is 35.3. The van der Waals surface area contributed by atoms with Crippen molar-refractivity contribution in [3.8, 4) is 0 Å². The van der Waals surface area contributed by atoms with Gasteiger partial charge in [0.15, 0.2) is 6.10 Å². The maximum Gasteiger partial charge on any atom is 0.472 e. The molecule has 0 saturated carbocycles. The van der Waals surface area contributed by atoms with Gasteiger partial charge in [0.2, 0.25) is 0 Å². The minimum Gasteiger partial charge on any atom is -0.462 e. The zero-order valence-electron chi connectivity index (χ0n) is 50.2. The second-order valence-corrected chi connectivity index (χ2v) is 23.1. The van der Waals surface area contributed by atoms with Crippen molar-refractivity contribution in [3.05, 3.63) is 72.9 Å². The van der Waals surface area contributed by atoms with Gasteiger partial charge in [-0.3, -0.25) is 18.6 Å². The van der Waals surface area contributed by atoms with Gasteiger partial charge in [0.25, 0.3) is 0 Å². The van der Waals surface area contributed by atoms with E-state index in [2.05, 4.69) is 86.8 Å². The number of hydrogen-bond acceptors (Lipinski definition) is 8. The van der Waals surface area contributed by atoms with Crippen LogP contribution >= 0.6 is 7.82 Å². The van der Waals surface area contributed by atoms with E-state index in [-0.39, 0.29) is 38.6 Å². The highest BCUT2D eigenvalue weighted by Crippen LogP contribution is 2.43. The van der Waals surface area contributed by atoms with Crippen molar-refractivity contribution in [2.75, 3.05) is 26.4 Å². The topological polar surface area (TPSA) is 134 Å². The Morgan fingerprint density at radius 2 is 0.714 bits per heavy atom. The minimum absolute atomic E-state index is 0.0523. The Labute approximate surface area is 475 Å². The third-order valence-electron chi connectivity index (χ3n) is 14.1. The van der Waals surface area contributed by atoms with Crippen LogP contribution in [0.5, 0.6) is 0 Å². The first-order valence-electron chi connectivity index (χ1n) is 32.4. The molecule has 0 aromatic carbocycles. The van der Waals surface area contributed by atoms with Crippen LogP contribution in [0.1, 0.15) is 309 Å². The number of hydrogen-bond donors (Lipinski definition) is 2. The molecule has 448 valence electrons. The van der Waals surface area contributed by atoms with Gasteiger partial charge in [-0.25, -0.2) is 4.57 Å². The zero-order chi connectivity index (χ0) is 55.9. The van der Waals surface area contributed by atoms with E-state index < -0.39 is 26.5 Å². The number of phosphoric acid groups is 1. The number of esters is 2. The predicted octanol–water partition coefficient (Wildman–Crippen LogP) is 20.9. The number of nitrogens with two attached hydrogens (primary N) is 1. The largest absolute Gasteiger partial charge is 0.472 e. The van der Waals surface area contributed by atoms with Crippen LogP contribution in [-0.2, 0) is 32.7 Å². The summed E-state index contributed by atoms with van der Waals surface area (Å²) in [5.41, 5.74) is 5.39. The maximum atomic E-state index is 12.7. The predicted molar refractivity (Wildman–Crippen MR) is 330 cm³/mol. The molecule has 0 rings (SSSR count).